The smallest absolute Gasteiger partial charge is 0.426 e. The zero-order chi connectivity index (χ0) is 33.9. The third-order valence-electron chi connectivity index (χ3n) is 7.23. The van der Waals surface area contributed by atoms with Crippen LogP contribution in [0.3, 0.4) is 0 Å². The predicted molar refractivity (Wildman–Crippen MR) is 158 cm³/mol. The van der Waals surface area contributed by atoms with Crippen molar-refractivity contribution in [1.29, 1.82) is 0 Å². The van der Waals surface area contributed by atoms with Gasteiger partial charge in [0, 0.05) is 18.5 Å². The largest absolute Gasteiger partial charge is 0.443 e. The topological polar surface area (TPSA) is 134 Å². The number of para-hydroxylation sites is 1. The van der Waals surface area contributed by atoms with E-state index in [1.165, 1.54) is 0 Å². The van der Waals surface area contributed by atoms with Gasteiger partial charge in [-0.3, -0.25) is 5.43 Å². The van der Waals surface area contributed by atoms with Crippen LogP contribution in [0, 0.1) is 11.8 Å². The molecule has 1 amide bonds. The van der Waals surface area contributed by atoms with Crippen LogP contribution < -0.4 is 20.9 Å². The van der Waals surface area contributed by atoms with E-state index in [4.69, 9.17) is 4.74 Å². The van der Waals surface area contributed by atoms with Crippen LogP contribution in [-0.2, 0) is 27.1 Å². The summed E-state index contributed by atoms with van der Waals surface area (Å²) in [6, 6.07) is 7.46. The maximum atomic E-state index is 13.2. The lowest BCUT2D eigenvalue weighted by molar-refractivity contribution is -0.143. The summed E-state index contributed by atoms with van der Waals surface area (Å²) in [7, 11) is -4.65. The number of aromatic nitrogens is 2. The molecule has 46 heavy (non-hydrogen) atoms. The first kappa shape index (κ1) is 35.0. The molecule has 3 aromatic rings. The fourth-order valence-corrected chi connectivity index (χ4v) is 6.12. The second kappa shape index (κ2) is 13.5. The lowest BCUT2D eigenvalue weighted by atomic mass is 9.82. The van der Waals surface area contributed by atoms with Gasteiger partial charge in [-0.05, 0) is 88.6 Å². The van der Waals surface area contributed by atoms with Crippen LogP contribution in [0.25, 0.3) is 10.9 Å². The number of halogens is 6. The molecule has 0 bridgehead atoms. The number of ether oxygens (including phenoxy) is 1. The van der Waals surface area contributed by atoms with Gasteiger partial charge in [-0.2, -0.15) is 31.3 Å². The number of hydrogen-bond donors (Lipinski definition) is 4. The number of nitrogens with zero attached hydrogens (tertiary/aromatic N) is 2. The Morgan fingerprint density at radius 3 is 2.00 bits per heavy atom. The first-order chi connectivity index (χ1) is 21.3. The van der Waals surface area contributed by atoms with Crippen molar-refractivity contribution in [2.24, 2.45) is 11.8 Å². The van der Waals surface area contributed by atoms with Crippen LogP contribution in [0.2, 0.25) is 0 Å². The number of nitrogens with one attached hydrogen (secondary N) is 4. The molecule has 1 aromatic heterocycles. The minimum absolute atomic E-state index is 0.116. The molecule has 10 nitrogen and oxygen atoms in total. The Hall–Kier alpha value is -3.86. The summed E-state index contributed by atoms with van der Waals surface area (Å²) in [5, 5.41) is 3.86. The summed E-state index contributed by atoms with van der Waals surface area (Å²) in [5.41, 5.74) is 1.75. The van der Waals surface area contributed by atoms with Crippen molar-refractivity contribution < 1.29 is 44.3 Å². The predicted octanol–water partition coefficient (Wildman–Crippen LogP) is 6.72. The Labute approximate surface area is 261 Å². The quantitative estimate of drug-likeness (QED) is 0.145. The number of hydrogen-bond acceptors (Lipinski definition) is 8. The van der Waals surface area contributed by atoms with E-state index in [1.54, 1.807) is 39.0 Å². The highest BCUT2D eigenvalue weighted by atomic mass is 32.2. The maximum absolute atomic E-state index is 13.2. The number of benzene rings is 2. The average molecular weight is 677 g/mol. The highest BCUT2D eigenvalue weighted by molar-refractivity contribution is 7.89. The van der Waals surface area contributed by atoms with Gasteiger partial charge >= 0.3 is 18.4 Å². The van der Waals surface area contributed by atoms with Crippen LogP contribution in [0.15, 0.2) is 47.4 Å². The molecule has 4 rings (SSSR count). The van der Waals surface area contributed by atoms with Gasteiger partial charge in [0.1, 0.15) is 5.60 Å². The third kappa shape index (κ3) is 9.57. The minimum atomic E-state index is -5.16. The second-order valence-corrected chi connectivity index (χ2v) is 13.8. The number of sulfonamides is 1. The first-order valence-corrected chi connectivity index (χ1v) is 15.8. The normalized spacial score (nSPS) is 17.8. The van der Waals surface area contributed by atoms with Crippen LogP contribution in [-0.4, -0.2) is 43.2 Å². The van der Waals surface area contributed by atoms with E-state index in [0.29, 0.717) is 54.9 Å². The van der Waals surface area contributed by atoms with E-state index in [9.17, 15) is 39.6 Å². The van der Waals surface area contributed by atoms with Crippen molar-refractivity contribution >= 4 is 38.8 Å². The van der Waals surface area contributed by atoms with Gasteiger partial charge in [-0.25, -0.2) is 28.3 Å². The first-order valence-electron chi connectivity index (χ1n) is 14.3. The molecule has 17 heteroatoms. The van der Waals surface area contributed by atoms with Crippen molar-refractivity contribution in [3.8, 4) is 0 Å². The van der Waals surface area contributed by atoms with Crippen molar-refractivity contribution in [1.82, 2.24) is 20.1 Å². The summed E-state index contributed by atoms with van der Waals surface area (Å²) in [5.74, 6) is 0.655. The Bertz CT molecular complexity index is 1620. The SMILES string of the molecule is CC(C)(C)OC(=O)NNc1nc(NCC2CCC(CNS(=O)(=O)c3cc(C(F)(F)F)cc(C(F)(F)F)c3)CC2)nc2ccccc12. The third-order valence-corrected chi connectivity index (χ3v) is 8.64. The van der Waals surface area contributed by atoms with Crippen molar-refractivity contribution in [2.75, 3.05) is 23.8 Å². The number of fused-ring (bicyclic) bond motifs is 1. The van der Waals surface area contributed by atoms with Gasteiger partial charge in [0.25, 0.3) is 0 Å². The van der Waals surface area contributed by atoms with Crippen LogP contribution in [0.5, 0.6) is 0 Å². The van der Waals surface area contributed by atoms with Gasteiger partial charge in [0.15, 0.2) is 5.82 Å². The lowest BCUT2D eigenvalue weighted by Gasteiger charge is -2.28. The Balaban J connectivity index is 1.33. The molecule has 0 spiro atoms. The molecule has 1 aliphatic carbocycles. The molecule has 0 aliphatic heterocycles. The highest BCUT2D eigenvalue weighted by Gasteiger charge is 2.38. The Morgan fingerprint density at radius 1 is 0.870 bits per heavy atom. The zero-order valence-electron chi connectivity index (χ0n) is 25.1. The van der Waals surface area contributed by atoms with E-state index < -0.39 is 50.1 Å². The molecular formula is C29H34F6N6O4S. The standard InChI is InChI=1S/C29H34F6N6O4S/c1-27(2,3)45-26(42)41-40-24-22-6-4-5-7-23(22)38-25(39-24)36-15-17-8-10-18(11-9-17)16-37-46(43,44)21-13-19(28(30,31)32)12-20(14-21)29(33,34)35/h4-7,12-14,17-18,37H,8-11,15-16H2,1-3H3,(H,41,42)(H2,36,38,39,40). The molecule has 252 valence electrons. The minimum Gasteiger partial charge on any atom is -0.443 e. The number of carbonyl (C=O) groups excluding carboxylic acids is 1. The Kier molecular flexibility index (Phi) is 10.3. The maximum Gasteiger partial charge on any atom is 0.426 e. The van der Waals surface area contributed by atoms with Gasteiger partial charge in [0.05, 0.1) is 21.5 Å². The molecule has 1 fully saturated rings. The molecule has 1 saturated carbocycles. The summed E-state index contributed by atoms with van der Waals surface area (Å²) >= 11 is 0. The summed E-state index contributed by atoms with van der Waals surface area (Å²) in [6.07, 6.45) is -8.49. The van der Waals surface area contributed by atoms with E-state index in [-0.39, 0.29) is 36.6 Å². The van der Waals surface area contributed by atoms with Crippen LogP contribution in [0.4, 0.5) is 42.9 Å². The molecule has 0 unspecified atom stereocenters. The van der Waals surface area contributed by atoms with Gasteiger partial charge in [-0.15, -0.1) is 0 Å². The van der Waals surface area contributed by atoms with E-state index >= 15 is 0 Å². The molecule has 2 aromatic carbocycles. The fraction of sp³-hybridized carbons (Fsp3) is 0.483. The van der Waals surface area contributed by atoms with Gasteiger partial charge in [0.2, 0.25) is 16.0 Å². The number of alkyl halides is 6. The van der Waals surface area contributed by atoms with Crippen LogP contribution in [0.1, 0.15) is 57.6 Å². The highest BCUT2D eigenvalue weighted by Crippen LogP contribution is 2.37. The van der Waals surface area contributed by atoms with Crippen molar-refractivity contribution in [2.45, 2.75) is 69.3 Å². The van der Waals surface area contributed by atoms with Crippen molar-refractivity contribution in [3.63, 3.8) is 0 Å². The summed E-state index contributed by atoms with van der Waals surface area (Å²) in [4.78, 5) is 20.0. The zero-order valence-corrected chi connectivity index (χ0v) is 26.0. The number of rotatable bonds is 9. The van der Waals surface area contributed by atoms with E-state index in [1.807, 2.05) is 6.07 Å². The Morgan fingerprint density at radius 2 is 1.43 bits per heavy atom. The molecule has 1 heterocycles. The molecule has 0 atom stereocenters. The van der Waals surface area contributed by atoms with E-state index in [0.717, 1.165) is 0 Å². The number of anilines is 2. The van der Waals surface area contributed by atoms with Crippen molar-refractivity contribution in [3.05, 3.63) is 53.6 Å². The van der Waals surface area contributed by atoms with Crippen LogP contribution >= 0.6 is 0 Å². The van der Waals surface area contributed by atoms with Gasteiger partial charge in [-0.1, -0.05) is 12.1 Å². The molecule has 0 saturated heterocycles. The lowest BCUT2D eigenvalue weighted by Crippen LogP contribution is -2.36. The number of carbonyl (C=O) groups is 1. The average Bonchev–Trinajstić information content (AvgIpc) is 2.96. The summed E-state index contributed by atoms with van der Waals surface area (Å²) < 4.78 is 112. The van der Waals surface area contributed by atoms with E-state index in [2.05, 4.69) is 30.9 Å². The molecular weight excluding hydrogens is 642 g/mol. The number of amides is 1. The second-order valence-electron chi connectivity index (χ2n) is 12.0. The molecule has 1 aliphatic rings. The van der Waals surface area contributed by atoms with Gasteiger partial charge < -0.3 is 10.1 Å². The number of hydrazine groups is 1. The summed E-state index contributed by atoms with van der Waals surface area (Å²) in [6.45, 7) is 5.56. The fourth-order valence-electron chi connectivity index (χ4n) is 4.93. The monoisotopic (exact) mass is 676 g/mol. The molecule has 4 N–H and O–H groups in total. The molecule has 0 radical (unpaired) electrons.